The molecular formula is C21H26ClN3O2. The zero-order chi connectivity index (χ0) is 18.8. The van der Waals surface area contributed by atoms with Crippen molar-refractivity contribution in [2.24, 2.45) is 10.9 Å². The van der Waals surface area contributed by atoms with E-state index < -0.39 is 0 Å². The van der Waals surface area contributed by atoms with Gasteiger partial charge < -0.3 is 14.5 Å². The summed E-state index contributed by atoms with van der Waals surface area (Å²) in [6.07, 6.45) is 5.09. The molecule has 1 unspecified atom stereocenters. The quantitative estimate of drug-likeness (QED) is 0.779. The van der Waals surface area contributed by atoms with E-state index in [0.29, 0.717) is 25.6 Å². The molecule has 144 valence electrons. The number of ether oxygens (including phenoxy) is 1. The maximum Gasteiger partial charge on any atom is 0.409 e. The van der Waals surface area contributed by atoms with Crippen molar-refractivity contribution in [3.05, 3.63) is 46.1 Å². The number of nitrogens with zero attached hydrogens (tertiary/aromatic N) is 3. The number of dihydropyridines is 1. The summed E-state index contributed by atoms with van der Waals surface area (Å²) >= 11 is 6.20. The van der Waals surface area contributed by atoms with Gasteiger partial charge in [-0.3, -0.25) is 4.99 Å². The summed E-state index contributed by atoms with van der Waals surface area (Å²) in [6.45, 7) is 6.16. The number of benzene rings is 1. The highest BCUT2D eigenvalue weighted by molar-refractivity contribution is 6.30. The second-order valence-electron chi connectivity index (χ2n) is 7.32. The Balaban J connectivity index is 1.45. The Hall–Kier alpha value is -2.01. The van der Waals surface area contributed by atoms with Crippen LogP contribution in [0.2, 0.25) is 5.02 Å². The molecule has 1 atom stereocenters. The summed E-state index contributed by atoms with van der Waals surface area (Å²) in [6, 6.07) is 6.24. The summed E-state index contributed by atoms with van der Waals surface area (Å²) in [5.41, 5.74) is 5.39. The van der Waals surface area contributed by atoms with Gasteiger partial charge in [0.25, 0.3) is 0 Å². The van der Waals surface area contributed by atoms with Gasteiger partial charge in [-0.1, -0.05) is 17.7 Å². The first-order chi connectivity index (χ1) is 13.2. The van der Waals surface area contributed by atoms with Crippen LogP contribution in [0.25, 0.3) is 0 Å². The lowest BCUT2D eigenvalue weighted by Crippen LogP contribution is -2.50. The molecule has 0 saturated carbocycles. The van der Waals surface area contributed by atoms with Crippen LogP contribution in [0.3, 0.4) is 0 Å². The predicted octanol–water partition coefficient (Wildman–Crippen LogP) is 3.56. The third-order valence-corrected chi connectivity index (χ3v) is 6.00. The summed E-state index contributed by atoms with van der Waals surface area (Å²) in [4.78, 5) is 21.0. The van der Waals surface area contributed by atoms with Crippen molar-refractivity contribution in [1.82, 2.24) is 9.80 Å². The minimum Gasteiger partial charge on any atom is -0.450 e. The van der Waals surface area contributed by atoms with E-state index in [-0.39, 0.29) is 6.09 Å². The number of amides is 1. The fourth-order valence-corrected chi connectivity index (χ4v) is 4.57. The van der Waals surface area contributed by atoms with Crippen LogP contribution in [0.1, 0.15) is 24.5 Å². The lowest BCUT2D eigenvalue weighted by molar-refractivity contribution is 0.0852. The van der Waals surface area contributed by atoms with Crippen molar-refractivity contribution in [3.8, 4) is 0 Å². The first kappa shape index (κ1) is 18.4. The molecule has 0 spiro atoms. The van der Waals surface area contributed by atoms with Gasteiger partial charge in [-0.15, -0.1) is 0 Å². The highest BCUT2D eigenvalue weighted by Gasteiger charge is 2.32. The second kappa shape index (κ2) is 7.93. The molecule has 2 aliphatic heterocycles. The number of hydrogen-bond acceptors (Lipinski definition) is 4. The normalized spacial score (nSPS) is 22.2. The minimum absolute atomic E-state index is 0.196. The second-order valence-corrected chi connectivity index (χ2v) is 7.75. The molecule has 1 aromatic carbocycles. The van der Waals surface area contributed by atoms with Crippen molar-refractivity contribution in [2.75, 3.05) is 39.3 Å². The number of aryl methyl sites for hydroxylation is 1. The molecule has 0 bridgehead atoms. The van der Waals surface area contributed by atoms with Gasteiger partial charge in [0, 0.05) is 54.9 Å². The summed E-state index contributed by atoms with van der Waals surface area (Å²) in [7, 11) is 0. The van der Waals surface area contributed by atoms with Crippen LogP contribution < -0.4 is 0 Å². The molecule has 0 radical (unpaired) electrons. The number of hydrogen-bond donors (Lipinski definition) is 0. The van der Waals surface area contributed by atoms with Crippen LogP contribution in [0.5, 0.6) is 0 Å². The van der Waals surface area contributed by atoms with Gasteiger partial charge in [-0.25, -0.2) is 4.79 Å². The van der Waals surface area contributed by atoms with Crippen LogP contribution >= 0.6 is 11.6 Å². The van der Waals surface area contributed by atoms with E-state index in [1.807, 2.05) is 17.9 Å². The third kappa shape index (κ3) is 3.84. The molecule has 0 N–H and O–H groups in total. The lowest BCUT2D eigenvalue weighted by atomic mass is 9.90. The molecular weight excluding hydrogens is 362 g/mol. The highest BCUT2D eigenvalue weighted by Crippen LogP contribution is 2.33. The standard InChI is InChI=1S/C21H26ClN3O2/c1-2-27-21(26)25-11-9-24(10-12-25)20-7-8-23-19-14-16-3-5-17(22)13-15(16)4-6-18(19)20/h3,5,7,13,18H,2,4,6,8-12,14H2,1H3. The zero-order valence-corrected chi connectivity index (χ0v) is 16.5. The molecule has 27 heavy (non-hydrogen) atoms. The van der Waals surface area contributed by atoms with E-state index in [2.05, 4.69) is 23.1 Å². The summed E-state index contributed by atoms with van der Waals surface area (Å²) in [5, 5.41) is 0.811. The van der Waals surface area contributed by atoms with E-state index >= 15 is 0 Å². The van der Waals surface area contributed by atoms with E-state index in [0.717, 1.165) is 43.9 Å². The zero-order valence-electron chi connectivity index (χ0n) is 15.8. The number of rotatable bonds is 2. The van der Waals surface area contributed by atoms with E-state index in [1.165, 1.54) is 22.5 Å². The average Bonchev–Trinajstić information content (AvgIpc) is 2.87. The first-order valence-corrected chi connectivity index (χ1v) is 10.2. The van der Waals surface area contributed by atoms with Crippen LogP contribution in [0.15, 0.2) is 35.0 Å². The number of aliphatic imine (C=N–C) groups is 1. The minimum atomic E-state index is -0.196. The van der Waals surface area contributed by atoms with Crippen LogP contribution in [0, 0.1) is 5.92 Å². The summed E-state index contributed by atoms with van der Waals surface area (Å²) < 4.78 is 5.13. The molecule has 5 nitrogen and oxygen atoms in total. The SMILES string of the molecule is CCOC(=O)N1CCN(C2=CCN=C3Cc4ccc(Cl)cc4CCC23)CC1. The van der Waals surface area contributed by atoms with E-state index in [1.54, 1.807) is 0 Å². The van der Waals surface area contributed by atoms with Crippen LogP contribution in [-0.2, 0) is 17.6 Å². The Bertz CT molecular complexity index is 782. The fourth-order valence-electron chi connectivity index (χ4n) is 4.38. The molecule has 1 fully saturated rings. The molecule has 3 aliphatic rings. The molecule has 0 aromatic heterocycles. The number of piperazine rings is 1. The predicted molar refractivity (Wildman–Crippen MR) is 108 cm³/mol. The smallest absolute Gasteiger partial charge is 0.409 e. The average molecular weight is 388 g/mol. The molecule has 1 aromatic rings. The number of allylic oxidation sites excluding steroid dienone is 1. The Morgan fingerprint density at radius 3 is 2.85 bits per heavy atom. The maximum atomic E-state index is 11.9. The first-order valence-electron chi connectivity index (χ1n) is 9.83. The maximum absolute atomic E-state index is 11.9. The fraction of sp³-hybridized carbons (Fsp3) is 0.524. The van der Waals surface area contributed by atoms with Gasteiger partial charge in [-0.05, 0) is 49.1 Å². The van der Waals surface area contributed by atoms with Gasteiger partial charge in [0.1, 0.15) is 0 Å². The lowest BCUT2D eigenvalue weighted by Gasteiger charge is -2.40. The number of carbonyl (C=O) groups excluding carboxylic acids is 1. The van der Waals surface area contributed by atoms with Crippen molar-refractivity contribution >= 4 is 23.4 Å². The topological polar surface area (TPSA) is 45.1 Å². The monoisotopic (exact) mass is 387 g/mol. The third-order valence-electron chi connectivity index (χ3n) is 5.77. The number of halogens is 1. The van der Waals surface area contributed by atoms with E-state index in [9.17, 15) is 4.79 Å². The summed E-state index contributed by atoms with van der Waals surface area (Å²) in [5.74, 6) is 0.374. The Morgan fingerprint density at radius 2 is 2.07 bits per heavy atom. The molecule has 4 rings (SSSR count). The number of fused-ring (bicyclic) bond motifs is 2. The molecule has 6 heteroatoms. The number of carbonyl (C=O) groups is 1. The largest absolute Gasteiger partial charge is 0.450 e. The van der Waals surface area contributed by atoms with E-state index in [4.69, 9.17) is 21.3 Å². The van der Waals surface area contributed by atoms with Gasteiger partial charge in [0.15, 0.2) is 0 Å². The molecule has 1 aliphatic carbocycles. The van der Waals surface area contributed by atoms with Gasteiger partial charge in [0.2, 0.25) is 0 Å². The van der Waals surface area contributed by atoms with Crippen molar-refractivity contribution in [2.45, 2.75) is 26.2 Å². The van der Waals surface area contributed by atoms with Crippen molar-refractivity contribution in [1.29, 1.82) is 0 Å². The molecule has 2 heterocycles. The Morgan fingerprint density at radius 1 is 1.26 bits per heavy atom. The van der Waals surface area contributed by atoms with Crippen molar-refractivity contribution in [3.63, 3.8) is 0 Å². The van der Waals surface area contributed by atoms with Gasteiger partial charge >= 0.3 is 6.09 Å². The van der Waals surface area contributed by atoms with Crippen LogP contribution in [-0.4, -0.2) is 60.9 Å². The van der Waals surface area contributed by atoms with Gasteiger partial charge in [0.05, 0.1) is 13.2 Å². The van der Waals surface area contributed by atoms with Crippen molar-refractivity contribution < 1.29 is 9.53 Å². The Labute approximate surface area is 165 Å². The van der Waals surface area contributed by atoms with Crippen LogP contribution in [0.4, 0.5) is 4.79 Å². The highest BCUT2D eigenvalue weighted by atomic mass is 35.5. The molecule has 1 saturated heterocycles. The Kier molecular flexibility index (Phi) is 5.39. The van der Waals surface area contributed by atoms with Gasteiger partial charge in [-0.2, -0.15) is 0 Å². The molecule has 1 amide bonds.